The molecule has 21 heavy (non-hydrogen) atoms. The first-order chi connectivity index (χ1) is 10.1. The summed E-state index contributed by atoms with van der Waals surface area (Å²) in [6.07, 6.45) is 4.84. The number of aromatic nitrogens is 2. The molecule has 5 heteroatoms. The van der Waals surface area contributed by atoms with E-state index in [2.05, 4.69) is 44.2 Å². The Labute approximate surface area is 131 Å². The Morgan fingerprint density at radius 1 is 1.43 bits per heavy atom. The Bertz CT molecular complexity index is 560. The minimum Gasteiger partial charge on any atom is -0.486 e. The summed E-state index contributed by atoms with van der Waals surface area (Å²) in [4.78, 5) is 2.69. The fourth-order valence-electron chi connectivity index (χ4n) is 2.05. The van der Waals surface area contributed by atoms with E-state index in [1.807, 2.05) is 22.2 Å². The Morgan fingerprint density at radius 3 is 2.95 bits per heavy atom. The van der Waals surface area contributed by atoms with Crippen molar-refractivity contribution in [3.05, 3.63) is 33.8 Å². The van der Waals surface area contributed by atoms with Crippen molar-refractivity contribution in [2.24, 2.45) is 0 Å². The van der Waals surface area contributed by atoms with E-state index in [-0.39, 0.29) is 0 Å². The zero-order valence-electron chi connectivity index (χ0n) is 13.3. The number of ether oxygens (including phenoxy) is 1. The Kier molecular flexibility index (Phi) is 5.82. The lowest BCUT2D eigenvalue weighted by Gasteiger charge is -2.05. The molecule has 0 saturated carbocycles. The first kappa shape index (κ1) is 16.0. The van der Waals surface area contributed by atoms with Crippen molar-refractivity contribution in [2.45, 2.75) is 59.9 Å². The average Bonchev–Trinajstić information content (AvgIpc) is 3.01. The summed E-state index contributed by atoms with van der Waals surface area (Å²) in [6.45, 7) is 11.1. The van der Waals surface area contributed by atoms with Gasteiger partial charge in [0.1, 0.15) is 6.61 Å². The summed E-state index contributed by atoms with van der Waals surface area (Å²) in [5.41, 5.74) is 1.27. The van der Waals surface area contributed by atoms with Crippen molar-refractivity contribution >= 4 is 11.3 Å². The number of nitrogens with one attached hydrogen (secondary N) is 1. The molecule has 0 saturated heterocycles. The SMILES string of the molecule is CCCn1cc(OCc2cc(CNC(C)C)sc2C)cn1. The molecule has 0 amide bonds. The molecule has 1 N–H and O–H groups in total. The van der Waals surface area contributed by atoms with Crippen LogP contribution in [0.4, 0.5) is 0 Å². The first-order valence-corrected chi connectivity index (χ1v) is 8.37. The van der Waals surface area contributed by atoms with Crippen molar-refractivity contribution in [1.29, 1.82) is 0 Å². The highest BCUT2D eigenvalue weighted by Crippen LogP contribution is 2.23. The molecule has 0 unspecified atom stereocenters. The quantitative estimate of drug-likeness (QED) is 0.807. The van der Waals surface area contributed by atoms with Crippen molar-refractivity contribution in [3.8, 4) is 5.75 Å². The van der Waals surface area contributed by atoms with Gasteiger partial charge < -0.3 is 10.1 Å². The number of thiophene rings is 1. The predicted octanol–water partition coefficient (Wildman–Crippen LogP) is 3.74. The number of hydrogen-bond donors (Lipinski definition) is 1. The molecule has 0 aliphatic rings. The van der Waals surface area contributed by atoms with Gasteiger partial charge in [-0.05, 0) is 19.4 Å². The number of rotatable bonds is 8. The minimum absolute atomic E-state index is 0.511. The van der Waals surface area contributed by atoms with Gasteiger partial charge in [0.2, 0.25) is 0 Å². The topological polar surface area (TPSA) is 39.1 Å². The van der Waals surface area contributed by atoms with Crippen molar-refractivity contribution in [1.82, 2.24) is 15.1 Å². The van der Waals surface area contributed by atoms with Crippen LogP contribution in [-0.2, 0) is 19.7 Å². The van der Waals surface area contributed by atoms with Crippen LogP contribution in [0.25, 0.3) is 0 Å². The molecule has 0 aromatic carbocycles. The molecule has 2 rings (SSSR count). The van der Waals surface area contributed by atoms with Crippen LogP contribution in [0.2, 0.25) is 0 Å². The van der Waals surface area contributed by atoms with Gasteiger partial charge in [0.25, 0.3) is 0 Å². The highest BCUT2D eigenvalue weighted by atomic mass is 32.1. The maximum absolute atomic E-state index is 5.84. The average molecular weight is 307 g/mol. The van der Waals surface area contributed by atoms with Gasteiger partial charge in [-0.2, -0.15) is 5.10 Å². The van der Waals surface area contributed by atoms with Crippen LogP contribution in [0.15, 0.2) is 18.5 Å². The summed E-state index contributed by atoms with van der Waals surface area (Å²) in [6, 6.07) is 2.75. The van der Waals surface area contributed by atoms with Gasteiger partial charge in [-0.15, -0.1) is 11.3 Å². The van der Waals surface area contributed by atoms with Crippen LogP contribution in [0.1, 0.15) is 42.5 Å². The second kappa shape index (κ2) is 7.61. The zero-order chi connectivity index (χ0) is 15.2. The summed E-state index contributed by atoms with van der Waals surface area (Å²) in [5.74, 6) is 0.843. The molecule has 116 valence electrons. The molecule has 0 spiro atoms. The van der Waals surface area contributed by atoms with E-state index in [1.54, 1.807) is 6.20 Å². The number of aryl methyl sites for hydroxylation is 2. The molecule has 0 fully saturated rings. The van der Waals surface area contributed by atoms with E-state index in [1.165, 1.54) is 15.3 Å². The van der Waals surface area contributed by atoms with E-state index >= 15 is 0 Å². The van der Waals surface area contributed by atoms with Crippen LogP contribution < -0.4 is 10.1 Å². The highest BCUT2D eigenvalue weighted by Gasteiger charge is 2.07. The molecular formula is C16H25N3OS. The Balaban J connectivity index is 1.90. The lowest BCUT2D eigenvalue weighted by Crippen LogP contribution is -2.21. The number of nitrogens with zero attached hydrogens (tertiary/aromatic N) is 2. The minimum atomic E-state index is 0.511. The second-order valence-electron chi connectivity index (χ2n) is 5.56. The lowest BCUT2D eigenvalue weighted by atomic mass is 10.2. The maximum atomic E-state index is 5.84. The van der Waals surface area contributed by atoms with Crippen LogP contribution in [0.5, 0.6) is 5.75 Å². The third-order valence-corrected chi connectivity index (χ3v) is 4.31. The summed E-state index contributed by atoms with van der Waals surface area (Å²) in [5, 5.41) is 7.73. The van der Waals surface area contributed by atoms with Crippen molar-refractivity contribution < 1.29 is 4.74 Å². The van der Waals surface area contributed by atoms with Crippen molar-refractivity contribution in [3.63, 3.8) is 0 Å². The molecule has 2 heterocycles. The normalized spacial score (nSPS) is 11.3. The van der Waals surface area contributed by atoms with Crippen LogP contribution in [-0.4, -0.2) is 15.8 Å². The van der Waals surface area contributed by atoms with Gasteiger partial charge in [-0.3, -0.25) is 4.68 Å². The van der Waals surface area contributed by atoms with Gasteiger partial charge in [0.05, 0.1) is 12.4 Å². The Morgan fingerprint density at radius 2 is 2.24 bits per heavy atom. The highest BCUT2D eigenvalue weighted by molar-refractivity contribution is 7.12. The predicted molar refractivity (Wildman–Crippen MR) is 87.9 cm³/mol. The van der Waals surface area contributed by atoms with Gasteiger partial charge in [0.15, 0.2) is 5.75 Å². The third kappa shape index (κ3) is 4.86. The van der Waals surface area contributed by atoms with Gasteiger partial charge >= 0.3 is 0 Å². The summed E-state index contributed by atoms with van der Waals surface area (Å²) >= 11 is 1.84. The van der Waals surface area contributed by atoms with Gasteiger partial charge in [-0.25, -0.2) is 0 Å². The molecule has 0 atom stereocenters. The van der Waals surface area contributed by atoms with Crippen LogP contribution in [0.3, 0.4) is 0 Å². The Hall–Kier alpha value is -1.33. The standard InChI is InChI=1S/C16H25N3OS/c1-5-6-19-10-15(8-18-19)20-11-14-7-16(21-13(14)4)9-17-12(2)3/h7-8,10,12,17H,5-6,9,11H2,1-4H3. The van der Waals surface area contributed by atoms with E-state index in [4.69, 9.17) is 4.74 Å². The monoisotopic (exact) mass is 307 g/mol. The van der Waals surface area contributed by atoms with E-state index in [9.17, 15) is 0 Å². The summed E-state index contributed by atoms with van der Waals surface area (Å²) < 4.78 is 7.77. The molecule has 0 aliphatic heterocycles. The zero-order valence-corrected chi connectivity index (χ0v) is 14.2. The molecule has 4 nitrogen and oxygen atoms in total. The molecule has 2 aromatic rings. The van der Waals surface area contributed by atoms with Gasteiger partial charge in [-0.1, -0.05) is 20.8 Å². The van der Waals surface area contributed by atoms with E-state index in [0.29, 0.717) is 12.6 Å². The third-order valence-electron chi connectivity index (χ3n) is 3.21. The molecule has 2 aromatic heterocycles. The first-order valence-electron chi connectivity index (χ1n) is 7.55. The summed E-state index contributed by atoms with van der Waals surface area (Å²) in [7, 11) is 0. The van der Waals surface area contributed by atoms with Gasteiger partial charge in [0, 0.05) is 34.4 Å². The van der Waals surface area contributed by atoms with Crippen LogP contribution in [0, 0.1) is 6.92 Å². The smallest absolute Gasteiger partial charge is 0.157 e. The van der Waals surface area contributed by atoms with Crippen LogP contribution >= 0.6 is 11.3 Å². The molecular weight excluding hydrogens is 282 g/mol. The molecule has 0 radical (unpaired) electrons. The lowest BCUT2D eigenvalue weighted by molar-refractivity contribution is 0.305. The fraction of sp³-hybridized carbons (Fsp3) is 0.562. The van der Waals surface area contributed by atoms with E-state index in [0.717, 1.165) is 25.3 Å². The molecule has 0 bridgehead atoms. The second-order valence-corrected chi connectivity index (χ2v) is 6.90. The largest absolute Gasteiger partial charge is 0.486 e. The maximum Gasteiger partial charge on any atom is 0.157 e. The van der Waals surface area contributed by atoms with Crippen molar-refractivity contribution in [2.75, 3.05) is 0 Å². The number of hydrogen-bond acceptors (Lipinski definition) is 4. The molecule has 0 aliphatic carbocycles. The van der Waals surface area contributed by atoms with E-state index < -0.39 is 0 Å². The fourth-order valence-corrected chi connectivity index (χ4v) is 3.05.